The molecule has 0 radical (unpaired) electrons. The number of allylic oxidation sites excluding steroid dienone is 22. The highest BCUT2D eigenvalue weighted by atomic mass is 16.6. The number of ether oxygens (including phenoxy) is 3. The summed E-state index contributed by atoms with van der Waals surface area (Å²) in [7, 11) is 0. The van der Waals surface area contributed by atoms with Gasteiger partial charge in [0, 0.05) is 19.3 Å². The van der Waals surface area contributed by atoms with Crippen molar-refractivity contribution in [1.82, 2.24) is 0 Å². The first kappa shape index (κ1) is 64.5. The number of rotatable bonds is 48. The van der Waals surface area contributed by atoms with E-state index < -0.39 is 6.10 Å². The van der Waals surface area contributed by atoms with Crippen molar-refractivity contribution in [3.8, 4) is 0 Å². The molecule has 0 aromatic carbocycles. The molecule has 0 aromatic rings. The molecule has 0 N–H and O–H groups in total. The van der Waals surface area contributed by atoms with Crippen LogP contribution in [-0.2, 0) is 28.6 Å². The molecule has 0 saturated carbocycles. The van der Waals surface area contributed by atoms with Crippen LogP contribution in [0.15, 0.2) is 134 Å². The van der Waals surface area contributed by atoms with E-state index in [0.29, 0.717) is 19.3 Å². The molecule has 0 heterocycles. The predicted molar refractivity (Wildman–Crippen MR) is 297 cm³/mol. The van der Waals surface area contributed by atoms with Crippen LogP contribution in [0, 0.1) is 0 Å². The summed E-state index contributed by atoms with van der Waals surface area (Å²) in [6.07, 6.45) is 78.8. The van der Waals surface area contributed by atoms with Crippen molar-refractivity contribution in [1.29, 1.82) is 0 Å². The third-order valence-corrected chi connectivity index (χ3v) is 11.1. The van der Waals surface area contributed by atoms with E-state index in [1.54, 1.807) is 0 Å². The van der Waals surface area contributed by atoms with Crippen LogP contribution < -0.4 is 0 Å². The molecule has 0 aliphatic carbocycles. The van der Waals surface area contributed by atoms with Gasteiger partial charge in [0.05, 0.1) is 0 Å². The number of unbranched alkanes of at least 4 members (excludes halogenated alkanes) is 15. The highest BCUT2D eigenvalue weighted by molar-refractivity contribution is 5.71. The van der Waals surface area contributed by atoms with Gasteiger partial charge < -0.3 is 14.2 Å². The van der Waals surface area contributed by atoms with Gasteiger partial charge in [-0.1, -0.05) is 219 Å². The summed E-state index contributed by atoms with van der Waals surface area (Å²) in [4.78, 5) is 38.0. The monoisotopic (exact) mass is 953 g/mol. The molecule has 1 atom stereocenters. The van der Waals surface area contributed by atoms with Gasteiger partial charge in [-0.05, 0) is 122 Å². The van der Waals surface area contributed by atoms with Crippen molar-refractivity contribution in [2.24, 2.45) is 0 Å². The molecule has 0 saturated heterocycles. The average Bonchev–Trinajstić information content (AvgIpc) is 3.35. The zero-order valence-corrected chi connectivity index (χ0v) is 44.3. The Morgan fingerprint density at radius 2 is 0.594 bits per heavy atom. The maximum absolute atomic E-state index is 12.8. The van der Waals surface area contributed by atoms with Crippen LogP contribution in [0.25, 0.3) is 0 Å². The topological polar surface area (TPSA) is 78.9 Å². The molecule has 388 valence electrons. The highest BCUT2D eigenvalue weighted by Crippen LogP contribution is 2.13. The van der Waals surface area contributed by atoms with Gasteiger partial charge in [0.2, 0.25) is 0 Å². The van der Waals surface area contributed by atoms with E-state index in [1.807, 2.05) is 12.2 Å². The Bertz CT molecular complexity index is 1510. The molecule has 0 rings (SSSR count). The lowest BCUT2D eigenvalue weighted by molar-refractivity contribution is -0.166. The fourth-order valence-corrected chi connectivity index (χ4v) is 7.04. The van der Waals surface area contributed by atoms with E-state index in [1.165, 1.54) is 51.4 Å². The molecule has 0 amide bonds. The van der Waals surface area contributed by atoms with Crippen LogP contribution in [0.4, 0.5) is 0 Å². The van der Waals surface area contributed by atoms with Crippen LogP contribution in [0.2, 0.25) is 0 Å². The van der Waals surface area contributed by atoms with Gasteiger partial charge in [-0.25, -0.2) is 0 Å². The molecule has 69 heavy (non-hydrogen) atoms. The summed E-state index contributed by atoms with van der Waals surface area (Å²) >= 11 is 0. The molecule has 6 nitrogen and oxygen atoms in total. The van der Waals surface area contributed by atoms with E-state index in [4.69, 9.17) is 14.2 Å². The van der Waals surface area contributed by atoms with E-state index in [0.717, 1.165) is 128 Å². The standard InChI is InChI=1S/C63H100O6/c1-4-7-10-13-16-19-22-25-27-28-29-30-31-32-33-34-36-38-41-44-47-50-53-56-62(65)68-59-60(58-67-61(64)55-52-49-46-43-40-37-24-21-18-15-12-9-6-3)69-63(66)57-54-51-48-45-42-39-35-26-23-20-17-14-11-8-5-2/h7,9-10,12,16,18-19,21,25-27,29-30,32-33,35-38,40,46,49,60H,4-6,8,11,13-15,17,20,22-24,28,31,34,39,41-45,47-48,50-59H2,1-3H3/b10-7-,12-9-,19-16-,21-18-,27-25-,30-29-,33-32-,35-26-,38-36-,40-37-,49-46-. The van der Waals surface area contributed by atoms with Crippen LogP contribution in [-0.4, -0.2) is 37.2 Å². The van der Waals surface area contributed by atoms with Crippen LogP contribution >= 0.6 is 0 Å². The van der Waals surface area contributed by atoms with Gasteiger partial charge in [-0.2, -0.15) is 0 Å². The summed E-state index contributed by atoms with van der Waals surface area (Å²) in [5, 5.41) is 0. The van der Waals surface area contributed by atoms with Gasteiger partial charge in [0.25, 0.3) is 0 Å². The maximum Gasteiger partial charge on any atom is 0.306 e. The summed E-state index contributed by atoms with van der Waals surface area (Å²) < 4.78 is 16.7. The second-order valence-electron chi connectivity index (χ2n) is 17.7. The third-order valence-electron chi connectivity index (χ3n) is 11.1. The van der Waals surface area contributed by atoms with Gasteiger partial charge in [-0.3, -0.25) is 14.4 Å². The van der Waals surface area contributed by atoms with E-state index >= 15 is 0 Å². The summed E-state index contributed by atoms with van der Waals surface area (Å²) in [5.74, 6) is -1.04. The Morgan fingerprint density at radius 3 is 0.986 bits per heavy atom. The summed E-state index contributed by atoms with van der Waals surface area (Å²) in [6.45, 7) is 6.30. The van der Waals surface area contributed by atoms with E-state index in [-0.39, 0.29) is 37.5 Å². The summed E-state index contributed by atoms with van der Waals surface area (Å²) in [5.41, 5.74) is 0. The Labute approximate surface area is 424 Å². The van der Waals surface area contributed by atoms with E-state index in [2.05, 4.69) is 142 Å². The minimum absolute atomic E-state index is 0.121. The fraction of sp³-hybridized carbons (Fsp3) is 0.603. The molecule has 6 heteroatoms. The largest absolute Gasteiger partial charge is 0.462 e. The lowest BCUT2D eigenvalue weighted by Gasteiger charge is -2.18. The van der Waals surface area contributed by atoms with Gasteiger partial charge in [0.15, 0.2) is 6.10 Å². The first-order valence-electron chi connectivity index (χ1n) is 27.7. The molecule has 0 aliphatic rings. The quantitative estimate of drug-likeness (QED) is 0.0262. The Kier molecular flexibility index (Phi) is 52.5. The number of carbonyl (C=O) groups is 3. The van der Waals surface area contributed by atoms with Crippen LogP contribution in [0.5, 0.6) is 0 Å². The predicted octanol–water partition coefficient (Wildman–Crippen LogP) is 18.6. The van der Waals surface area contributed by atoms with Gasteiger partial charge in [-0.15, -0.1) is 0 Å². The first-order valence-corrected chi connectivity index (χ1v) is 27.7. The molecule has 0 bridgehead atoms. The zero-order valence-electron chi connectivity index (χ0n) is 44.3. The van der Waals surface area contributed by atoms with Gasteiger partial charge in [0.1, 0.15) is 13.2 Å². The lowest BCUT2D eigenvalue weighted by Crippen LogP contribution is -2.30. The Morgan fingerprint density at radius 1 is 0.304 bits per heavy atom. The highest BCUT2D eigenvalue weighted by Gasteiger charge is 2.19. The fourth-order valence-electron chi connectivity index (χ4n) is 7.04. The SMILES string of the molecule is CC/C=C\C/C=C\C/C=C\C/C=C\C/C=C\C/C=C\CCCCCCC(=O)OCC(COC(=O)CC/C=C\C/C=C\C/C=C\C/C=C\CC)OC(=O)CCCCCCC/C=C\CCCCCCCC. The van der Waals surface area contributed by atoms with Crippen molar-refractivity contribution in [2.75, 3.05) is 13.2 Å². The zero-order chi connectivity index (χ0) is 50.0. The van der Waals surface area contributed by atoms with Crippen molar-refractivity contribution >= 4 is 17.9 Å². The van der Waals surface area contributed by atoms with Crippen LogP contribution in [0.1, 0.15) is 226 Å². The minimum Gasteiger partial charge on any atom is -0.462 e. The Balaban J connectivity index is 4.50. The first-order chi connectivity index (χ1) is 34.0. The molecular weight excluding hydrogens is 853 g/mol. The number of hydrogen-bond acceptors (Lipinski definition) is 6. The van der Waals surface area contributed by atoms with Gasteiger partial charge >= 0.3 is 17.9 Å². The Hall–Kier alpha value is -4.45. The number of carbonyl (C=O) groups excluding carboxylic acids is 3. The molecular formula is C63H100O6. The second-order valence-corrected chi connectivity index (χ2v) is 17.7. The molecule has 1 unspecified atom stereocenters. The van der Waals surface area contributed by atoms with Crippen molar-refractivity contribution in [3.05, 3.63) is 134 Å². The molecule has 0 spiro atoms. The molecule has 0 aromatic heterocycles. The van der Waals surface area contributed by atoms with Crippen molar-refractivity contribution < 1.29 is 28.6 Å². The average molecular weight is 953 g/mol. The lowest BCUT2D eigenvalue weighted by atomic mass is 10.1. The third kappa shape index (κ3) is 54.4. The maximum atomic E-state index is 12.8. The number of esters is 3. The second kappa shape index (κ2) is 56.1. The number of hydrogen-bond donors (Lipinski definition) is 0. The smallest absolute Gasteiger partial charge is 0.306 e. The minimum atomic E-state index is -0.827. The molecule has 0 aliphatic heterocycles. The van der Waals surface area contributed by atoms with Crippen molar-refractivity contribution in [2.45, 2.75) is 232 Å². The van der Waals surface area contributed by atoms with Crippen molar-refractivity contribution in [3.63, 3.8) is 0 Å². The normalized spacial score (nSPS) is 13.1. The van der Waals surface area contributed by atoms with Crippen LogP contribution in [0.3, 0.4) is 0 Å². The summed E-state index contributed by atoms with van der Waals surface area (Å²) in [6, 6.07) is 0. The molecule has 0 fully saturated rings. The van der Waals surface area contributed by atoms with E-state index in [9.17, 15) is 14.4 Å².